The molecule has 0 atom stereocenters. The monoisotopic (exact) mass is 380 g/mol. The summed E-state index contributed by atoms with van der Waals surface area (Å²) in [6.07, 6.45) is 0. The van der Waals surface area contributed by atoms with Crippen molar-refractivity contribution in [3.8, 4) is 17.1 Å². The Balaban J connectivity index is 2.57. The predicted molar refractivity (Wildman–Crippen MR) is 76.6 cm³/mol. The molecule has 0 saturated carbocycles. The quantitative estimate of drug-likeness (QED) is 0.599. The van der Waals surface area contributed by atoms with Gasteiger partial charge in [-0.25, -0.2) is 9.97 Å². The Morgan fingerprint density at radius 2 is 1.94 bits per heavy atom. The van der Waals surface area contributed by atoms with Gasteiger partial charge in [0.1, 0.15) is 10.9 Å². The van der Waals surface area contributed by atoms with Crippen LogP contribution < -0.4 is 0 Å². The van der Waals surface area contributed by atoms with Gasteiger partial charge in [0.05, 0.1) is 14.3 Å². The number of phenols is 1. The standard InChI is InChI=1S/C11H7Cl2IN2O/c1-5-9(14)10(13)16-11(15-5)6-2-3-8(17)7(12)4-6/h2-4,17H,1H3. The van der Waals surface area contributed by atoms with Crippen LogP contribution in [0.5, 0.6) is 5.75 Å². The van der Waals surface area contributed by atoms with Crippen LogP contribution in [-0.2, 0) is 0 Å². The summed E-state index contributed by atoms with van der Waals surface area (Å²) in [4.78, 5) is 8.51. The van der Waals surface area contributed by atoms with E-state index in [2.05, 4.69) is 32.6 Å². The Hall–Kier alpha value is -0.590. The lowest BCUT2D eigenvalue weighted by molar-refractivity contribution is 0.475. The van der Waals surface area contributed by atoms with Gasteiger partial charge in [0.2, 0.25) is 0 Å². The van der Waals surface area contributed by atoms with Crippen molar-refractivity contribution in [3.63, 3.8) is 0 Å². The van der Waals surface area contributed by atoms with Crippen molar-refractivity contribution in [1.29, 1.82) is 0 Å². The molecule has 0 aliphatic carbocycles. The van der Waals surface area contributed by atoms with Crippen LogP contribution in [0.1, 0.15) is 5.69 Å². The molecule has 0 radical (unpaired) electrons. The number of aromatic hydroxyl groups is 1. The first kappa shape index (κ1) is 12.9. The number of nitrogens with zero attached hydrogens (tertiary/aromatic N) is 2. The smallest absolute Gasteiger partial charge is 0.161 e. The third kappa shape index (κ3) is 2.64. The topological polar surface area (TPSA) is 46.0 Å². The number of hydrogen-bond donors (Lipinski definition) is 1. The van der Waals surface area contributed by atoms with Crippen LogP contribution in [0.4, 0.5) is 0 Å². The molecule has 0 saturated heterocycles. The fourth-order valence-corrected chi connectivity index (χ4v) is 1.94. The SMILES string of the molecule is Cc1nc(-c2ccc(O)c(Cl)c2)nc(Cl)c1I. The normalized spacial score (nSPS) is 10.6. The van der Waals surface area contributed by atoms with Crippen LogP contribution >= 0.6 is 45.8 Å². The van der Waals surface area contributed by atoms with Gasteiger partial charge in [-0.1, -0.05) is 23.2 Å². The third-order valence-electron chi connectivity index (χ3n) is 2.18. The highest BCUT2D eigenvalue weighted by Crippen LogP contribution is 2.29. The van der Waals surface area contributed by atoms with Crippen molar-refractivity contribution in [3.05, 3.63) is 37.6 Å². The van der Waals surface area contributed by atoms with Gasteiger partial charge < -0.3 is 5.11 Å². The fourth-order valence-electron chi connectivity index (χ4n) is 1.30. The molecule has 0 fully saturated rings. The molecule has 0 amide bonds. The van der Waals surface area contributed by atoms with Crippen molar-refractivity contribution in [2.75, 3.05) is 0 Å². The van der Waals surface area contributed by atoms with Gasteiger partial charge in [-0.15, -0.1) is 0 Å². The number of phenolic OH excluding ortho intramolecular Hbond substituents is 1. The van der Waals surface area contributed by atoms with Crippen LogP contribution in [0, 0.1) is 10.5 Å². The number of hydrogen-bond acceptors (Lipinski definition) is 3. The molecule has 0 aliphatic rings. The minimum atomic E-state index is 0.0312. The Morgan fingerprint density at radius 3 is 2.53 bits per heavy atom. The molecule has 2 rings (SSSR count). The van der Waals surface area contributed by atoms with E-state index in [1.807, 2.05) is 6.92 Å². The van der Waals surface area contributed by atoms with Crippen LogP contribution in [-0.4, -0.2) is 15.1 Å². The second-order valence-electron chi connectivity index (χ2n) is 3.40. The van der Waals surface area contributed by atoms with Gasteiger partial charge in [-0.05, 0) is 47.7 Å². The lowest BCUT2D eigenvalue weighted by atomic mass is 10.2. The average Bonchev–Trinajstić information content (AvgIpc) is 2.29. The van der Waals surface area contributed by atoms with Gasteiger partial charge in [-0.2, -0.15) is 0 Å². The van der Waals surface area contributed by atoms with E-state index in [1.54, 1.807) is 12.1 Å². The number of aromatic nitrogens is 2. The average molecular weight is 381 g/mol. The highest BCUT2D eigenvalue weighted by atomic mass is 127. The minimum absolute atomic E-state index is 0.0312. The number of benzene rings is 1. The van der Waals surface area contributed by atoms with Crippen molar-refractivity contribution >= 4 is 45.8 Å². The summed E-state index contributed by atoms with van der Waals surface area (Å²) >= 11 is 13.9. The van der Waals surface area contributed by atoms with Crippen molar-refractivity contribution in [1.82, 2.24) is 9.97 Å². The van der Waals surface area contributed by atoms with Crippen molar-refractivity contribution in [2.24, 2.45) is 0 Å². The maximum Gasteiger partial charge on any atom is 0.161 e. The molecule has 88 valence electrons. The molecule has 2 aromatic rings. The van der Waals surface area contributed by atoms with E-state index in [1.165, 1.54) is 6.07 Å². The fraction of sp³-hybridized carbons (Fsp3) is 0.0909. The molecular weight excluding hydrogens is 374 g/mol. The molecule has 0 aliphatic heterocycles. The number of halogens is 3. The zero-order valence-corrected chi connectivity index (χ0v) is 12.4. The van der Waals surface area contributed by atoms with Crippen LogP contribution in [0.15, 0.2) is 18.2 Å². The van der Waals surface area contributed by atoms with E-state index in [9.17, 15) is 5.11 Å². The van der Waals surface area contributed by atoms with Crippen LogP contribution in [0.25, 0.3) is 11.4 Å². The van der Waals surface area contributed by atoms with Gasteiger partial charge in [0.15, 0.2) is 5.82 Å². The zero-order chi connectivity index (χ0) is 12.6. The second-order valence-corrected chi connectivity index (χ2v) is 5.25. The van der Waals surface area contributed by atoms with E-state index in [0.717, 1.165) is 9.26 Å². The molecule has 0 unspecified atom stereocenters. The van der Waals surface area contributed by atoms with Gasteiger partial charge in [0, 0.05) is 5.56 Å². The minimum Gasteiger partial charge on any atom is -0.506 e. The molecule has 0 spiro atoms. The maximum atomic E-state index is 9.34. The van der Waals surface area contributed by atoms with Gasteiger partial charge in [-0.3, -0.25) is 0 Å². The molecule has 3 nitrogen and oxygen atoms in total. The molecule has 0 bridgehead atoms. The summed E-state index contributed by atoms with van der Waals surface area (Å²) < 4.78 is 0.831. The summed E-state index contributed by atoms with van der Waals surface area (Å²) in [6, 6.07) is 4.80. The van der Waals surface area contributed by atoms with Crippen LogP contribution in [0.3, 0.4) is 0 Å². The zero-order valence-electron chi connectivity index (χ0n) is 8.71. The van der Waals surface area contributed by atoms with E-state index in [4.69, 9.17) is 23.2 Å². The largest absolute Gasteiger partial charge is 0.506 e. The molecule has 17 heavy (non-hydrogen) atoms. The summed E-state index contributed by atoms with van der Waals surface area (Å²) in [5.74, 6) is 0.526. The van der Waals surface area contributed by atoms with Crippen molar-refractivity contribution < 1.29 is 5.11 Å². The van der Waals surface area contributed by atoms with E-state index in [0.29, 0.717) is 16.5 Å². The van der Waals surface area contributed by atoms with Gasteiger partial charge >= 0.3 is 0 Å². The summed E-state index contributed by atoms with van der Waals surface area (Å²) in [5, 5.41) is 10.0. The van der Waals surface area contributed by atoms with E-state index < -0.39 is 0 Å². The summed E-state index contributed by atoms with van der Waals surface area (Å²) in [7, 11) is 0. The first-order valence-corrected chi connectivity index (χ1v) is 6.51. The Labute approximate surface area is 122 Å². The Bertz CT molecular complexity index is 567. The first-order valence-electron chi connectivity index (χ1n) is 4.67. The predicted octanol–water partition coefficient (Wildman–Crippen LogP) is 4.07. The van der Waals surface area contributed by atoms with E-state index >= 15 is 0 Å². The molecule has 1 aromatic heterocycles. The number of rotatable bonds is 1. The Morgan fingerprint density at radius 1 is 1.24 bits per heavy atom. The summed E-state index contributed by atoms with van der Waals surface area (Å²) in [6.45, 7) is 1.86. The lowest BCUT2D eigenvalue weighted by Gasteiger charge is -2.06. The molecule has 1 heterocycles. The summed E-state index contributed by atoms with van der Waals surface area (Å²) in [5.41, 5.74) is 1.53. The third-order valence-corrected chi connectivity index (χ3v) is 4.37. The number of aryl methyl sites for hydroxylation is 1. The van der Waals surface area contributed by atoms with Crippen molar-refractivity contribution in [2.45, 2.75) is 6.92 Å². The Kier molecular flexibility index (Phi) is 3.75. The van der Waals surface area contributed by atoms with Gasteiger partial charge in [0.25, 0.3) is 0 Å². The molecule has 1 aromatic carbocycles. The highest BCUT2D eigenvalue weighted by Gasteiger charge is 2.10. The first-order chi connectivity index (χ1) is 7.99. The molecular formula is C11H7Cl2IN2O. The molecule has 6 heteroatoms. The van der Waals surface area contributed by atoms with Crippen LogP contribution in [0.2, 0.25) is 10.2 Å². The lowest BCUT2D eigenvalue weighted by Crippen LogP contribution is -1.96. The molecule has 1 N–H and O–H groups in total. The maximum absolute atomic E-state index is 9.34. The second kappa shape index (κ2) is 4.96. The van der Waals surface area contributed by atoms with E-state index in [-0.39, 0.29) is 10.8 Å². The highest BCUT2D eigenvalue weighted by molar-refractivity contribution is 14.1.